The van der Waals surface area contributed by atoms with Gasteiger partial charge in [0, 0.05) is 5.75 Å². The summed E-state index contributed by atoms with van der Waals surface area (Å²) in [6.45, 7) is 2.23. The van der Waals surface area contributed by atoms with Crippen molar-refractivity contribution >= 4 is 11.8 Å². The van der Waals surface area contributed by atoms with Crippen molar-refractivity contribution in [1.29, 1.82) is 0 Å². The molecule has 0 radical (unpaired) electrons. The van der Waals surface area contributed by atoms with Crippen molar-refractivity contribution in [3.8, 4) is 22.6 Å². The van der Waals surface area contributed by atoms with Gasteiger partial charge in [0.05, 0.1) is 11.8 Å². The number of aromatic nitrogens is 4. The second-order valence-electron chi connectivity index (χ2n) is 6.88. The van der Waals surface area contributed by atoms with Gasteiger partial charge < -0.3 is 9.84 Å². The standard InChI is InChI=1S/C23H22N4O2S/c1-17-7-11-20(12-8-17)27-23(24-25-26-27)30-16-21(28)15-29-22-13-9-19(10-14-22)18-5-3-2-4-6-18/h2-14,21,28H,15-16H2,1H3. The molecule has 0 spiro atoms. The Kier molecular flexibility index (Phi) is 6.41. The van der Waals surface area contributed by atoms with Crippen molar-refractivity contribution in [1.82, 2.24) is 20.2 Å². The van der Waals surface area contributed by atoms with Gasteiger partial charge in [0.1, 0.15) is 12.4 Å². The third kappa shape index (κ3) is 5.06. The van der Waals surface area contributed by atoms with Crippen LogP contribution in [-0.4, -0.2) is 43.8 Å². The smallest absolute Gasteiger partial charge is 0.214 e. The van der Waals surface area contributed by atoms with Crippen molar-refractivity contribution < 1.29 is 9.84 Å². The molecule has 1 heterocycles. The van der Waals surface area contributed by atoms with E-state index in [1.165, 1.54) is 17.3 Å². The van der Waals surface area contributed by atoms with Gasteiger partial charge in [0.15, 0.2) is 0 Å². The first-order valence-corrected chi connectivity index (χ1v) is 10.6. The maximum absolute atomic E-state index is 10.3. The SMILES string of the molecule is Cc1ccc(-n2nnnc2SCC(O)COc2ccc(-c3ccccc3)cc2)cc1. The zero-order valence-electron chi connectivity index (χ0n) is 16.5. The van der Waals surface area contributed by atoms with Crippen LogP contribution in [0, 0.1) is 6.92 Å². The van der Waals surface area contributed by atoms with Gasteiger partial charge in [-0.2, -0.15) is 4.68 Å². The van der Waals surface area contributed by atoms with Crippen LogP contribution in [0.2, 0.25) is 0 Å². The molecule has 1 aromatic heterocycles. The van der Waals surface area contributed by atoms with E-state index < -0.39 is 6.10 Å². The van der Waals surface area contributed by atoms with Gasteiger partial charge in [0.25, 0.3) is 0 Å². The highest BCUT2D eigenvalue weighted by Gasteiger charge is 2.13. The number of benzene rings is 3. The minimum atomic E-state index is -0.646. The third-order valence-corrected chi connectivity index (χ3v) is 5.59. The molecule has 4 aromatic rings. The molecule has 3 aromatic carbocycles. The van der Waals surface area contributed by atoms with Crippen molar-refractivity contribution in [2.75, 3.05) is 12.4 Å². The van der Waals surface area contributed by atoms with Gasteiger partial charge >= 0.3 is 0 Å². The fourth-order valence-electron chi connectivity index (χ4n) is 2.90. The summed E-state index contributed by atoms with van der Waals surface area (Å²) in [5.41, 5.74) is 4.34. The molecule has 0 aliphatic carbocycles. The van der Waals surface area contributed by atoms with Crippen LogP contribution < -0.4 is 4.74 Å². The molecule has 1 N–H and O–H groups in total. The summed E-state index contributed by atoms with van der Waals surface area (Å²) in [6.07, 6.45) is -0.646. The average Bonchev–Trinajstić information content (AvgIpc) is 3.26. The normalized spacial score (nSPS) is 11.9. The van der Waals surface area contributed by atoms with Crippen molar-refractivity contribution in [3.63, 3.8) is 0 Å². The predicted octanol–water partition coefficient (Wildman–Crippen LogP) is 4.17. The average molecular weight is 419 g/mol. The van der Waals surface area contributed by atoms with Crippen LogP contribution in [0.3, 0.4) is 0 Å². The number of hydrogen-bond acceptors (Lipinski definition) is 6. The van der Waals surface area contributed by atoms with E-state index >= 15 is 0 Å². The van der Waals surface area contributed by atoms with Crippen LogP contribution in [-0.2, 0) is 0 Å². The Bertz CT molecular complexity index is 1070. The number of hydrogen-bond donors (Lipinski definition) is 1. The fraction of sp³-hybridized carbons (Fsp3) is 0.174. The minimum Gasteiger partial charge on any atom is -0.491 e. The highest BCUT2D eigenvalue weighted by molar-refractivity contribution is 7.99. The molecular weight excluding hydrogens is 396 g/mol. The van der Waals surface area contributed by atoms with Crippen molar-refractivity contribution in [2.24, 2.45) is 0 Å². The highest BCUT2D eigenvalue weighted by Crippen LogP contribution is 2.23. The lowest BCUT2D eigenvalue weighted by molar-refractivity contribution is 0.126. The Labute approximate surface area is 179 Å². The lowest BCUT2D eigenvalue weighted by Gasteiger charge is -2.12. The summed E-state index contributed by atoms with van der Waals surface area (Å²) in [5, 5.41) is 22.8. The predicted molar refractivity (Wildman–Crippen MR) is 118 cm³/mol. The van der Waals surface area contributed by atoms with Crippen LogP contribution >= 0.6 is 11.8 Å². The Morgan fingerprint density at radius 1 is 0.933 bits per heavy atom. The van der Waals surface area contributed by atoms with Crippen molar-refractivity contribution in [2.45, 2.75) is 18.2 Å². The third-order valence-electron chi connectivity index (χ3n) is 4.53. The van der Waals surface area contributed by atoms with E-state index in [9.17, 15) is 5.11 Å². The van der Waals surface area contributed by atoms with Crippen LogP contribution in [0.4, 0.5) is 0 Å². The molecule has 7 heteroatoms. The first-order chi connectivity index (χ1) is 14.7. The van der Waals surface area contributed by atoms with Crippen LogP contribution in [0.5, 0.6) is 5.75 Å². The number of nitrogens with zero attached hydrogens (tertiary/aromatic N) is 4. The molecule has 0 aliphatic heterocycles. The quantitative estimate of drug-likeness (QED) is 0.433. The topological polar surface area (TPSA) is 73.1 Å². The van der Waals surface area contributed by atoms with E-state index in [4.69, 9.17) is 4.74 Å². The molecule has 0 aliphatic rings. The number of rotatable bonds is 8. The van der Waals surface area contributed by atoms with E-state index in [1.54, 1.807) is 4.68 Å². The number of aliphatic hydroxyl groups excluding tert-OH is 1. The van der Waals surface area contributed by atoms with Gasteiger partial charge in [-0.15, -0.1) is 5.10 Å². The largest absolute Gasteiger partial charge is 0.491 e. The lowest BCUT2D eigenvalue weighted by atomic mass is 10.1. The van der Waals surface area contributed by atoms with E-state index in [1.807, 2.05) is 73.7 Å². The van der Waals surface area contributed by atoms with Crippen LogP contribution in [0.1, 0.15) is 5.56 Å². The first kappa shape index (κ1) is 20.1. The van der Waals surface area contributed by atoms with Gasteiger partial charge in [-0.3, -0.25) is 0 Å². The minimum absolute atomic E-state index is 0.198. The van der Waals surface area contributed by atoms with Crippen LogP contribution in [0.25, 0.3) is 16.8 Å². The van der Waals surface area contributed by atoms with Gasteiger partial charge in [-0.25, -0.2) is 0 Å². The molecule has 0 bridgehead atoms. The van der Waals surface area contributed by atoms with Crippen LogP contribution in [0.15, 0.2) is 84.0 Å². The van der Waals surface area contributed by atoms with Crippen molar-refractivity contribution in [3.05, 3.63) is 84.4 Å². The summed E-state index contributed by atoms with van der Waals surface area (Å²) >= 11 is 1.39. The second kappa shape index (κ2) is 9.56. The van der Waals surface area contributed by atoms with Gasteiger partial charge in [0.2, 0.25) is 5.16 Å². The van der Waals surface area contributed by atoms with E-state index in [0.717, 1.165) is 22.6 Å². The zero-order valence-corrected chi connectivity index (χ0v) is 17.4. The summed E-state index contributed by atoms with van der Waals surface area (Å²) in [6, 6.07) is 26.0. The second-order valence-corrected chi connectivity index (χ2v) is 7.86. The Hall–Kier alpha value is -3.16. The monoisotopic (exact) mass is 418 g/mol. The number of tetrazole rings is 1. The molecular formula is C23H22N4O2S. The molecule has 1 atom stereocenters. The van der Waals surface area contributed by atoms with E-state index in [2.05, 4.69) is 27.7 Å². The molecule has 6 nitrogen and oxygen atoms in total. The Morgan fingerprint density at radius 3 is 2.37 bits per heavy atom. The van der Waals surface area contributed by atoms with Gasteiger partial charge in [-0.05, 0) is 52.7 Å². The lowest BCUT2D eigenvalue weighted by Crippen LogP contribution is -2.20. The number of aryl methyl sites for hydroxylation is 1. The zero-order chi connectivity index (χ0) is 20.8. The summed E-state index contributed by atoms with van der Waals surface area (Å²) in [7, 11) is 0. The highest BCUT2D eigenvalue weighted by atomic mass is 32.2. The summed E-state index contributed by atoms with van der Waals surface area (Å²) in [4.78, 5) is 0. The molecule has 0 amide bonds. The molecule has 4 rings (SSSR count). The fourth-order valence-corrected chi connectivity index (χ4v) is 3.70. The first-order valence-electron chi connectivity index (χ1n) is 9.63. The van der Waals surface area contributed by atoms with E-state index in [0.29, 0.717) is 10.9 Å². The molecule has 0 saturated heterocycles. The Balaban J connectivity index is 1.29. The molecule has 0 saturated carbocycles. The number of aliphatic hydroxyl groups is 1. The number of thioether (sulfide) groups is 1. The van der Waals surface area contributed by atoms with E-state index in [-0.39, 0.29) is 6.61 Å². The molecule has 0 fully saturated rings. The number of ether oxygens (including phenoxy) is 1. The Morgan fingerprint density at radius 2 is 1.63 bits per heavy atom. The molecule has 30 heavy (non-hydrogen) atoms. The maximum atomic E-state index is 10.3. The van der Waals surface area contributed by atoms with Gasteiger partial charge in [-0.1, -0.05) is 71.9 Å². The molecule has 152 valence electrons. The summed E-state index contributed by atoms with van der Waals surface area (Å²) in [5.74, 6) is 1.15. The summed E-state index contributed by atoms with van der Waals surface area (Å²) < 4.78 is 7.40. The molecule has 1 unspecified atom stereocenters. The maximum Gasteiger partial charge on any atom is 0.214 e.